The summed E-state index contributed by atoms with van der Waals surface area (Å²) in [7, 11) is 0. The highest BCUT2D eigenvalue weighted by molar-refractivity contribution is 5.21. The van der Waals surface area contributed by atoms with Crippen LogP contribution in [0.3, 0.4) is 0 Å². The van der Waals surface area contributed by atoms with Crippen molar-refractivity contribution in [3.63, 3.8) is 0 Å². The van der Waals surface area contributed by atoms with Gasteiger partial charge in [0, 0.05) is 30.2 Å². The summed E-state index contributed by atoms with van der Waals surface area (Å²) in [5.74, 6) is -0.975. The topological polar surface area (TPSA) is 15.3 Å². The van der Waals surface area contributed by atoms with Crippen molar-refractivity contribution in [3.8, 4) is 0 Å². The van der Waals surface area contributed by atoms with Crippen LogP contribution in [0, 0.1) is 11.6 Å². The van der Waals surface area contributed by atoms with E-state index in [0.717, 1.165) is 31.0 Å². The van der Waals surface area contributed by atoms with E-state index < -0.39 is 11.6 Å². The first-order valence-electron chi connectivity index (χ1n) is 8.04. The predicted octanol–water partition coefficient (Wildman–Crippen LogP) is 3.63. The number of benzene rings is 1. The second kappa shape index (κ2) is 6.01. The van der Waals surface area contributed by atoms with Gasteiger partial charge in [-0.1, -0.05) is 6.92 Å². The molecule has 0 aromatic heterocycles. The fourth-order valence-corrected chi connectivity index (χ4v) is 4.15. The summed E-state index contributed by atoms with van der Waals surface area (Å²) in [6.07, 6.45) is 4.82. The zero-order valence-corrected chi connectivity index (χ0v) is 12.8. The molecular formula is C17H24F2N2. The fraction of sp³-hybridized carbons (Fsp3) is 0.647. The standard InChI is InChI=1S/C17H24F2N2/c1-3-21(17-9-15-4-5-16(10-17)20-15)11(2)12-6-13(18)8-14(19)7-12/h6-8,11,15-17,20H,3-5,9-10H2,1-2H3. The molecule has 3 unspecified atom stereocenters. The molecule has 2 heterocycles. The third kappa shape index (κ3) is 3.11. The molecule has 116 valence electrons. The molecule has 0 spiro atoms. The molecule has 21 heavy (non-hydrogen) atoms. The van der Waals surface area contributed by atoms with Gasteiger partial charge in [-0.25, -0.2) is 8.78 Å². The van der Waals surface area contributed by atoms with Gasteiger partial charge in [0.25, 0.3) is 0 Å². The van der Waals surface area contributed by atoms with Crippen molar-refractivity contribution in [2.24, 2.45) is 0 Å². The van der Waals surface area contributed by atoms with Gasteiger partial charge >= 0.3 is 0 Å². The van der Waals surface area contributed by atoms with Gasteiger partial charge in [0.15, 0.2) is 0 Å². The molecule has 2 aliphatic rings. The molecular weight excluding hydrogens is 270 g/mol. The maximum absolute atomic E-state index is 13.5. The summed E-state index contributed by atoms with van der Waals surface area (Å²) in [6.45, 7) is 5.10. The van der Waals surface area contributed by atoms with Crippen LogP contribution in [-0.2, 0) is 0 Å². The molecule has 0 saturated carbocycles. The minimum atomic E-state index is -0.488. The number of nitrogens with zero attached hydrogens (tertiary/aromatic N) is 1. The molecule has 0 radical (unpaired) electrons. The van der Waals surface area contributed by atoms with Crippen LogP contribution in [-0.4, -0.2) is 29.6 Å². The summed E-state index contributed by atoms with van der Waals surface area (Å²) >= 11 is 0. The van der Waals surface area contributed by atoms with E-state index in [1.54, 1.807) is 0 Å². The average Bonchev–Trinajstić information content (AvgIpc) is 2.77. The molecule has 4 heteroatoms. The summed E-state index contributed by atoms with van der Waals surface area (Å²) in [5, 5.41) is 3.65. The minimum Gasteiger partial charge on any atom is -0.311 e. The van der Waals surface area contributed by atoms with Crippen LogP contribution in [0.25, 0.3) is 0 Å². The molecule has 2 nitrogen and oxygen atoms in total. The fourth-order valence-electron chi connectivity index (χ4n) is 4.15. The summed E-state index contributed by atoms with van der Waals surface area (Å²) in [4.78, 5) is 2.40. The quantitative estimate of drug-likeness (QED) is 0.912. The predicted molar refractivity (Wildman–Crippen MR) is 80.1 cm³/mol. The molecule has 1 aromatic carbocycles. The van der Waals surface area contributed by atoms with Crippen molar-refractivity contribution < 1.29 is 8.78 Å². The number of nitrogens with one attached hydrogen (secondary N) is 1. The van der Waals surface area contributed by atoms with E-state index in [0.29, 0.717) is 18.1 Å². The number of piperidine rings is 1. The van der Waals surface area contributed by atoms with Gasteiger partial charge in [-0.3, -0.25) is 4.90 Å². The molecule has 0 aliphatic carbocycles. The van der Waals surface area contributed by atoms with Crippen molar-refractivity contribution in [2.45, 2.75) is 63.7 Å². The van der Waals surface area contributed by atoms with Crippen molar-refractivity contribution >= 4 is 0 Å². The van der Waals surface area contributed by atoms with Crippen LogP contribution in [0.4, 0.5) is 8.78 Å². The number of halogens is 2. The summed E-state index contributed by atoms with van der Waals surface area (Å²) in [5.41, 5.74) is 0.736. The highest BCUT2D eigenvalue weighted by atomic mass is 19.1. The van der Waals surface area contributed by atoms with Crippen LogP contribution in [0.2, 0.25) is 0 Å². The largest absolute Gasteiger partial charge is 0.311 e. The smallest absolute Gasteiger partial charge is 0.126 e. The van der Waals surface area contributed by atoms with Crippen LogP contribution < -0.4 is 5.32 Å². The van der Waals surface area contributed by atoms with Crippen molar-refractivity contribution in [2.75, 3.05) is 6.54 Å². The Balaban J connectivity index is 1.78. The lowest BCUT2D eigenvalue weighted by molar-refractivity contribution is 0.107. The normalized spacial score (nSPS) is 29.9. The van der Waals surface area contributed by atoms with Gasteiger partial charge in [-0.05, 0) is 56.8 Å². The van der Waals surface area contributed by atoms with E-state index in [4.69, 9.17) is 0 Å². The van der Waals surface area contributed by atoms with Crippen LogP contribution >= 0.6 is 0 Å². The maximum atomic E-state index is 13.5. The van der Waals surface area contributed by atoms with E-state index in [9.17, 15) is 8.78 Å². The Morgan fingerprint density at radius 3 is 2.24 bits per heavy atom. The Labute approximate surface area is 125 Å². The van der Waals surface area contributed by atoms with E-state index in [2.05, 4.69) is 24.1 Å². The highest BCUT2D eigenvalue weighted by Crippen LogP contribution is 2.34. The van der Waals surface area contributed by atoms with Crippen molar-refractivity contribution in [1.29, 1.82) is 0 Å². The monoisotopic (exact) mass is 294 g/mol. The second-order valence-electron chi connectivity index (χ2n) is 6.47. The number of rotatable bonds is 4. The van der Waals surface area contributed by atoms with Gasteiger partial charge in [-0.15, -0.1) is 0 Å². The Hall–Kier alpha value is -1.00. The molecule has 2 fully saturated rings. The van der Waals surface area contributed by atoms with Crippen molar-refractivity contribution in [3.05, 3.63) is 35.4 Å². The van der Waals surface area contributed by atoms with E-state index in [1.807, 2.05) is 0 Å². The highest BCUT2D eigenvalue weighted by Gasteiger charge is 2.37. The lowest BCUT2D eigenvalue weighted by Crippen LogP contribution is -2.48. The first kappa shape index (κ1) is 14.9. The maximum Gasteiger partial charge on any atom is 0.126 e. The van der Waals surface area contributed by atoms with Gasteiger partial charge in [0.05, 0.1) is 0 Å². The summed E-state index contributed by atoms with van der Waals surface area (Å²) in [6, 6.07) is 5.67. The number of hydrogen-bond acceptors (Lipinski definition) is 2. The molecule has 2 aliphatic heterocycles. The number of fused-ring (bicyclic) bond motifs is 2. The van der Waals surface area contributed by atoms with Gasteiger partial charge in [0.2, 0.25) is 0 Å². The molecule has 0 amide bonds. The first-order chi connectivity index (χ1) is 10.1. The lowest BCUT2D eigenvalue weighted by Gasteiger charge is -2.40. The van der Waals surface area contributed by atoms with Gasteiger partial charge < -0.3 is 5.32 Å². The van der Waals surface area contributed by atoms with E-state index >= 15 is 0 Å². The zero-order valence-electron chi connectivity index (χ0n) is 12.8. The van der Waals surface area contributed by atoms with E-state index in [1.165, 1.54) is 25.0 Å². The average molecular weight is 294 g/mol. The molecule has 1 aromatic rings. The first-order valence-corrected chi connectivity index (χ1v) is 8.04. The second-order valence-corrected chi connectivity index (χ2v) is 6.47. The van der Waals surface area contributed by atoms with Crippen LogP contribution in [0.15, 0.2) is 18.2 Å². The third-order valence-electron chi connectivity index (χ3n) is 5.15. The van der Waals surface area contributed by atoms with E-state index in [-0.39, 0.29) is 6.04 Å². The minimum absolute atomic E-state index is 0.0442. The molecule has 3 rings (SSSR count). The summed E-state index contributed by atoms with van der Waals surface area (Å²) < 4.78 is 26.9. The van der Waals surface area contributed by atoms with Crippen LogP contribution in [0.1, 0.15) is 51.1 Å². The Kier molecular flexibility index (Phi) is 4.27. The van der Waals surface area contributed by atoms with Crippen LogP contribution in [0.5, 0.6) is 0 Å². The van der Waals surface area contributed by atoms with Crippen molar-refractivity contribution in [1.82, 2.24) is 10.2 Å². The Morgan fingerprint density at radius 1 is 1.14 bits per heavy atom. The lowest BCUT2D eigenvalue weighted by atomic mass is 9.95. The molecule has 2 saturated heterocycles. The Morgan fingerprint density at radius 2 is 1.71 bits per heavy atom. The molecule has 3 atom stereocenters. The van der Waals surface area contributed by atoms with Gasteiger partial charge in [0.1, 0.15) is 11.6 Å². The number of hydrogen-bond donors (Lipinski definition) is 1. The third-order valence-corrected chi connectivity index (χ3v) is 5.15. The Bertz CT molecular complexity index is 473. The molecule has 2 bridgehead atoms. The zero-order chi connectivity index (χ0) is 15.0. The molecule has 1 N–H and O–H groups in total. The SMILES string of the molecule is CCN(C1CC2CCC(C1)N2)C(C)c1cc(F)cc(F)c1. The van der Waals surface area contributed by atoms with Gasteiger partial charge in [-0.2, -0.15) is 0 Å².